The molecule has 2 rings (SSSR count). The van der Waals surface area contributed by atoms with Crippen molar-refractivity contribution in [3.05, 3.63) is 46.9 Å². The third-order valence-electron chi connectivity index (χ3n) is 3.01. The van der Waals surface area contributed by atoms with Gasteiger partial charge in [-0.1, -0.05) is 11.6 Å². The maximum Gasteiger partial charge on any atom is 0.337 e. The van der Waals surface area contributed by atoms with Crippen LogP contribution in [0.1, 0.15) is 29.8 Å². The minimum Gasteiger partial charge on any atom is -0.611 e. The first-order valence-electron chi connectivity index (χ1n) is 6.62. The van der Waals surface area contributed by atoms with Crippen molar-refractivity contribution in [2.75, 3.05) is 5.32 Å². The summed E-state index contributed by atoms with van der Waals surface area (Å²) in [5.41, 5.74) is 1.29. The van der Waals surface area contributed by atoms with E-state index < -0.39 is 17.1 Å². The molecule has 0 fully saturated rings. The Balaban J connectivity index is 2.33. The van der Waals surface area contributed by atoms with Crippen molar-refractivity contribution in [3.63, 3.8) is 0 Å². The molecule has 0 saturated heterocycles. The largest absolute Gasteiger partial charge is 0.611 e. The summed E-state index contributed by atoms with van der Waals surface area (Å²) >= 11 is 4.81. The number of rotatable bonds is 6. The highest BCUT2D eigenvalue weighted by molar-refractivity contribution is 7.92. The predicted octanol–water partition coefficient (Wildman–Crippen LogP) is 3.76. The topological polar surface area (TPSA) is 85.5 Å². The van der Waals surface area contributed by atoms with Crippen LogP contribution < -0.4 is 5.32 Å². The number of carboxylic acid groups (broad SMARTS) is 1. The lowest BCUT2D eigenvalue weighted by molar-refractivity contribution is 0.0697. The molecule has 7 heteroatoms. The third kappa shape index (κ3) is 3.76. The minimum absolute atomic E-state index is 0.0388. The van der Waals surface area contributed by atoms with E-state index in [0.717, 1.165) is 5.56 Å². The molecule has 1 unspecified atom stereocenters. The van der Waals surface area contributed by atoms with Gasteiger partial charge in [-0.2, -0.15) is 0 Å². The molecule has 0 aliphatic rings. The molecule has 1 atom stereocenters. The van der Waals surface area contributed by atoms with Crippen LogP contribution in [-0.2, 0) is 17.7 Å². The van der Waals surface area contributed by atoms with E-state index in [1.54, 1.807) is 26.2 Å². The summed E-state index contributed by atoms with van der Waals surface area (Å²) in [6, 6.07) is 4.65. The van der Waals surface area contributed by atoms with Gasteiger partial charge in [-0.05, 0) is 37.2 Å². The number of carboxylic acids is 1. The van der Waals surface area contributed by atoms with Crippen LogP contribution in [0.4, 0.5) is 5.69 Å². The fraction of sp³-hybridized carbons (Fsp3) is 0.267. The number of furan rings is 1. The number of benzene rings is 1. The molecule has 22 heavy (non-hydrogen) atoms. The summed E-state index contributed by atoms with van der Waals surface area (Å²) in [5.74, 6) is -1.10. The summed E-state index contributed by atoms with van der Waals surface area (Å²) in [4.78, 5) is 11.8. The van der Waals surface area contributed by atoms with E-state index in [0.29, 0.717) is 17.1 Å². The lowest BCUT2D eigenvalue weighted by Gasteiger charge is -2.17. The van der Waals surface area contributed by atoms with Crippen LogP contribution in [0.25, 0.3) is 0 Å². The van der Waals surface area contributed by atoms with Gasteiger partial charge in [0, 0.05) is 18.2 Å². The standard InChI is InChI=1S/C15H16ClNO4S/c1-9(2)22(20)14-5-11(15(18)19)13(6-12(14)16)17-7-10-3-4-21-8-10/h3-6,8-9,17H,7H2,1-2H3,(H,18,19). The number of carbonyl (C=O) groups is 1. The van der Waals surface area contributed by atoms with Gasteiger partial charge in [0.15, 0.2) is 4.90 Å². The molecule has 0 aliphatic heterocycles. The van der Waals surface area contributed by atoms with Gasteiger partial charge < -0.3 is 19.4 Å². The van der Waals surface area contributed by atoms with Crippen LogP contribution in [0.15, 0.2) is 40.0 Å². The first-order valence-corrected chi connectivity index (χ1v) is 8.21. The van der Waals surface area contributed by atoms with E-state index in [9.17, 15) is 14.5 Å². The van der Waals surface area contributed by atoms with Gasteiger partial charge in [0.1, 0.15) is 5.25 Å². The van der Waals surface area contributed by atoms with Crippen molar-refractivity contribution in [3.8, 4) is 0 Å². The van der Waals surface area contributed by atoms with Crippen molar-refractivity contribution < 1.29 is 18.9 Å². The predicted molar refractivity (Wildman–Crippen MR) is 86.0 cm³/mol. The number of hydrogen-bond acceptors (Lipinski definition) is 4. The van der Waals surface area contributed by atoms with Crippen molar-refractivity contribution in [2.45, 2.75) is 30.5 Å². The average Bonchev–Trinajstić information content (AvgIpc) is 2.97. The molecular formula is C15H16ClNO4S. The lowest BCUT2D eigenvalue weighted by atomic mass is 10.1. The quantitative estimate of drug-likeness (QED) is 0.781. The fourth-order valence-electron chi connectivity index (χ4n) is 1.88. The van der Waals surface area contributed by atoms with E-state index in [-0.39, 0.29) is 15.8 Å². The second-order valence-corrected chi connectivity index (χ2v) is 7.35. The van der Waals surface area contributed by atoms with Crippen LogP contribution in [0.2, 0.25) is 5.02 Å². The van der Waals surface area contributed by atoms with Gasteiger partial charge in [0.2, 0.25) is 0 Å². The molecule has 118 valence electrons. The highest BCUT2D eigenvalue weighted by atomic mass is 35.5. The zero-order chi connectivity index (χ0) is 16.3. The van der Waals surface area contributed by atoms with Crippen LogP contribution in [0, 0.1) is 0 Å². The Morgan fingerprint density at radius 3 is 2.77 bits per heavy atom. The molecular weight excluding hydrogens is 326 g/mol. The molecule has 1 aromatic carbocycles. The smallest absolute Gasteiger partial charge is 0.337 e. The summed E-state index contributed by atoms with van der Waals surface area (Å²) in [7, 11) is 0. The van der Waals surface area contributed by atoms with Crippen LogP contribution in [-0.4, -0.2) is 20.9 Å². The molecule has 0 bridgehead atoms. The Bertz CT molecular complexity index is 658. The minimum atomic E-state index is -1.35. The Kier molecular flexibility index (Phi) is 5.39. The Hall–Kier alpha value is -1.63. The van der Waals surface area contributed by atoms with Crippen molar-refractivity contribution in [1.29, 1.82) is 0 Å². The van der Waals surface area contributed by atoms with E-state index in [2.05, 4.69) is 5.32 Å². The van der Waals surface area contributed by atoms with Crippen LogP contribution in [0.3, 0.4) is 0 Å². The van der Waals surface area contributed by atoms with Gasteiger partial charge in [0.05, 0.1) is 28.8 Å². The first kappa shape index (κ1) is 16.7. The van der Waals surface area contributed by atoms with E-state index in [1.165, 1.54) is 18.4 Å². The Morgan fingerprint density at radius 1 is 1.50 bits per heavy atom. The normalized spacial score (nSPS) is 12.4. The molecule has 0 aliphatic carbocycles. The van der Waals surface area contributed by atoms with E-state index in [1.807, 2.05) is 0 Å². The van der Waals surface area contributed by atoms with Crippen molar-refractivity contribution in [1.82, 2.24) is 0 Å². The number of nitrogens with one attached hydrogen (secondary N) is 1. The summed E-state index contributed by atoms with van der Waals surface area (Å²) < 4.78 is 17.2. The molecule has 2 N–H and O–H groups in total. The van der Waals surface area contributed by atoms with Gasteiger partial charge >= 0.3 is 5.97 Å². The van der Waals surface area contributed by atoms with Crippen LogP contribution in [0.5, 0.6) is 0 Å². The maximum absolute atomic E-state index is 12.2. The number of aromatic carboxylic acids is 1. The Labute approximate surface area is 136 Å². The number of halogens is 1. The second-order valence-electron chi connectivity index (χ2n) is 4.96. The van der Waals surface area contributed by atoms with Crippen molar-refractivity contribution >= 4 is 34.4 Å². The SMILES string of the molecule is CC(C)[S+]([O-])c1cc(C(=O)O)c(NCc2ccoc2)cc1Cl. The molecule has 0 spiro atoms. The van der Waals surface area contributed by atoms with Gasteiger partial charge in [-0.3, -0.25) is 0 Å². The van der Waals surface area contributed by atoms with Crippen molar-refractivity contribution in [2.24, 2.45) is 0 Å². The monoisotopic (exact) mass is 341 g/mol. The van der Waals surface area contributed by atoms with Gasteiger partial charge in [-0.15, -0.1) is 0 Å². The Morgan fingerprint density at radius 2 is 2.23 bits per heavy atom. The zero-order valence-corrected chi connectivity index (χ0v) is 13.7. The van der Waals surface area contributed by atoms with Gasteiger partial charge in [0.25, 0.3) is 0 Å². The molecule has 2 aromatic rings. The number of hydrogen-bond donors (Lipinski definition) is 2. The second kappa shape index (κ2) is 7.09. The summed E-state index contributed by atoms with van der Waals surface area (Å²) in [6.07, 6.45) is 3.11. The number of anilines is 1. The highest BCUT2D eigenvalue weighted by Gasteiger charge is 2.23. The molecule has 1 aromatic heterocycles. The van der Waals surface area contributed by atoms with Gasteiger partial charge in [-0.25, -0.2) is 4.79 Å². The molecule has 0 radical (unpaired) electrons. The van der Waals surface area contributed by atoms with E-state index in [4.69, 9.17) is 16.0 Å². The molecule has 0 amide bonds. The lowest BCUT2D eigenvalue weighted by Crippen LogP contribution is -2.16. The van der Waals surface area contributed by atoms with Crippen LogP contribution >= 0.6 is 11.6 Å². The third-order valence-corrected chi connectivity index (χ3v) is 5.06. The summed E-state index contributed by atoms with van der Waals surface area (Å²) in [5, 5.41) is 12.5. The summed E-state index contributed by atoms with van der Waals surface area (Å²) in [6.45, 7) is 3.98. The van der Waals surface area contributed by atoms with E-state index >= 15 is 0 Å². The first-order chi connectivity index (χ1) is 10.4. The highest BCUT2D eigenvalue weighted by Crippen LogP contribution is 2.31. The average molecular weight is 342 g/mol. The zero-order valence-electron chi connectivity index (χ0n) is 12.1. The maximum atomic E-state index is 12.2. The fourth-order valence-corrected chi connectivity index (χ4v) is 3.26. The molecule has 5 nitrogen and oxygen atoms in total. The molecule has 0 saturated carbocycles. The molecule has 1 heterocycles.